The van der Waals surface area contributed by atoms with Gasteiger partial charge in [0.1, 0.15) is 18.1 Å². The summed E-state index contributed by atoms with van der Waals surface area (Å²) in [5.74, 6) is 0.0667. The van der Waals surface area contributed by atoms with Crippen molar-refractivity contribution in [3.05, 3.63) is 82.0 Å². The van der Waals surface area contributed by atoms with Crippen LogP contribution in [0.15, 0.2) is 59.4 Å². The molecular formula is C23H20FN3O3. The third-order valence-corrected chi connectivity index (χ3v) is 5.28. The van der Waals surface area contributed by atoms with Crippen LogP contribution in [0.2, 0.25) is 0 Å². The highest BCUT2D eigenvalue weighted by Gasteiger charge is 2.20. The van der Waals surface area contributed by atoms with Crippen LogP contribution in [0.1, 0.15) is 16.1 Å². The van der Waals surface area contributed by atoms with E-state index in [0.29, 0.717) is 22.6 Å². The highest BCUT2D eigenvalue weighted by Crippen LogP contribution is 2.29. The molecular weight excluding hydrogens is 385 g/mol. The zero-order valence-corrected chi connectivity index (χ0v) is 16.8. The molecule has 0 radical (unpaired) electrons. The lowest BCUT2D eigenvalue weighted by Crippen LogP contribution is -2.26. The van der Waals surface area contributed by atoms with Crippen molar-refractivity contribution < 1.29 is 13.9 Å². The van der Waals surface area contributed by atoms with Crippen molar-refractivity contribution in [3.63, 3.8) is 0 Å². The molecule has 0 aliphatic carbocycles. The predicted octanol–water partition coefficient (Wildman–Crippen LogP) is 3.74. The Morgan fingerprint density at radius 3 is 2.53 bits per heavy atom. The molecule has 2 aromatic carbocycles. The maximum Gasteiger partial charge on any atom is 0.267 e. The van der Waals surface area contributed by atoms with Crippen LogP contribution in [-0.2, 0) is 13.6 Å². The number of methoxy groups -OCH3 is 1. The van der Waals surface area contributed by atoms with Crippen molar-refractivity contribution in [2.75, 3.05) is 7.11 Å². The molecule has 0 saturated heterocycles. The minimum Gasteiger partial charge on any atom is -0.497 e. The summed E-state index contributed by atoms with van der Waals surface area (Å²) in [6, 6.07) is 14.3. The van der Waals surface area contributed by atoms with Crippen LogP contribution in [0.3, 0.4) is 0 Å². The first-order chi connectivity index (χ1) is 14.4. The van der Waals surface area contributed by atoms with Crippen molar-refractivity contribution in [3.8, 4) is 17.0 Å². The first kappa shape index (κ1) is 19.6. The van der Waals surface area contributed by atoms with Gasteiger partial charge in [-0.05, 0) is 55.5 Å². The van der Waals surface area contributed by atoms with Crippen LogP contribution in [0.4, 0.5) is 4.39 Å². The summed E-state index contributed by atoms with van der Waals surface area (Å²) in [5.41, 5.74) is 2.99. The molecule has 0 atom stereocenters. The van der Waals surface area contributed by atoms with Gasteiger partial charge in [-0.1, -0.05) is 0 Å². The number of nitrogens with zero attached hydrogens (tertiary/aromatic N) is 3. The summed E-state index contributed by atoms with van der Waals surface area (Å²) in [6.07, 6.45) is 0. The summed E-state index contributed by atoms with van der Waals surface area (Å²) in [4.78, 5) is 25.5. The molecule has 0 amide bonds. The van der Waals surface area contributed by atoms with E-state index < -0.39 is 0 Å². The molecule has 6 nitrogen and oxygen atoms in total. The fourth-order valence-electron chi connectivity index (χ4n) is 3.58. The number of ether oxygens (including phenoxy) is 1. The van der Waals surface area contributed by atoms with E-state index in [1.54, 1.807) is 25.3 Å². The van der Waals surface area contributed by atoms with Gasteiger partial charge in [0.25, 0.3) is 5.56 Å². The highest BCUT2D eigenvalue weighted by molar-refractivity contribution is 6.09. The fraction of sp³-hybridized carbons (Fsp3) is 0.174. The van der Waals surface area contributed by atoms with E-state index in [-0.39, 0.29) is 23.7 Å². The molecule has 2 heterocycles. The number of rotatable bonds is 5. The number of ketones is 1. The molecule has 0 aliphatic heterocycles. The Kier molecular flexibility index (Phi) is 4.95. The Bertz CT molecular complexity index is 1320. The molecule has 0 aliphatic rings. The third-order valence-electron chi connectivity index (χ3n) is 5.28. The summed E-state index contributed by atoms with van der Waals surface area (Å²) < 4.78 is 21.6. The number of carbonyl (C=O) groups excluding carboxylic acids is 1. The van der Waals surface area contributed by atoms with Crippen molar-refractivity contribution in [2.24, 2.45) is 7.05 Å². The largest absolute Gasteiger partial charge is 0.497 e. The monoisotopic (exact) mass is 405 g/mol. The third kappa shape index (κ3) is 3.39. The molecule has 30 heavy (non-hydrogen) atoms. The molecule has 7 heteroatoms. The Balaban J connectivity index is 1.74. The zero-order chi connectivity index (χ0) is 21.4. The number of Topliss-reactive ketones (excluding diaryl/α,β-unsaturated/α-hetero) is 1. The van der Waals surface area contributed by atoms with Crippen LogP contribution >= 0.6 is 0 Å². The first-order valence-electron chi connectivity index (χ1n) is 9.39. The Hall–Kier alpha value is -3.74. The van der Waals surface area contributed by atoms with Gasteiger partial charge in [-0.15, -0.1) is 0 Å². The lowest BCUT2D eigenvalue weighted by atomic mass is 10.1. The highest BCUT2D eigenvalue weighted by atomic mass is 19.1. The van der Waals surface area contributed by atoms with Gasteiger partial charge >= 0.3 is 0 Å². The number of carbonyl (C=O) groups is 1. The Morgan fingerprint density at radius 1 is 1.10 bits per heavy atom. The standard InChI is InChI=1S/C23H20FN3O3/c1-14-23(18-12-17(30-3)8-10-20(18)26(14)2)21(28)13-27-22(29)11-9-19(25-27)15-4-6-16(24)7-5-15/h4-12H,13H2,1-3H3. The average Bonchev–Trinajstić information content (AvgIpc) is 3.00. The number of aromatic nitrogens is 3. The molecule has 0 bridgehead atoms. The maximum absolute atomic E-state index is 13.2. The SMILES string of the molecule is COc1ccc2c(c1)c(C(=O)Cn1nc(-c3ccc(F)cc3)ccc1=O)c(C)n2C. The second-order valence-electron chi connectivity index (χ2n) is 7.05. The first-order valence-corrected chi connectivity index (χ1v) is 9.39. The zero-order valence-electron chi connectivity index (χ0n) is 16.8. The van der Waals surface area contributed by atoms with Crippen LogP contribution in [0.5, 0.6) is 5.75 Å². The lowest BCUT2D eigenvalue weighted by molar-refractivity contribution is 0.0966. The normalized spacial score (nSPS) is 11.1. The molecule has 0 saturated carbocycles. The topological polar surface area (TPSA) is 66.1 Å². The minimum atomic E-state index is -0.385. The van der Waals surface area contributed by atoms with Crippen molar-refractivity contribution in [1.82, 2.24) is 14.3 Å². The Morgan fingerprint density at radius 2 is 1.83 bits per heavy atom. The van der Waals surface area contributed by atoms with Gasteiger partial charge in [-0.25, -0.2) is 9.07 Å². The van der Waals surface area contributed by atoms with E-state index >= 15 is 0 Å². The van der Waals surface area contributed by atoms with Crippen LogP contribution < -0.4 is 10.3 Å². The predicted molar refractivity (Wildman–Crippen MR) is 112 cm³/mol. The molecule has 0 N–H and O–H groups in total. The molecule has 4 aromatic rings. The van der Waals surface area contributed by atoms with E-state index in [2.05, 4.69) is 5.10 Å². The number of halogens is 1. The number of fused-ring (bicyclic) bond motifs is 1. The molecule has 0 fully saturated rings. The molecule has 0 spiro atoms. The van der Waals surface area contributed by atoms with E-state index in [4.69, 9.17) is 4.74 Å². The van der Waals surface area contributed by atoms with Gasteiger partial charge in [-0.3, -0.25) is 9.59 Å². The smallest absolute Gasteiger partial charge is 0.267 e. The van der Waals surface area contributed by atoms with Gasteiger partial charge in [-0.2, -0.15) is 5.10 Å². The lowest BCUT2D eigenvalue weighted by Gasteiger charge is -2.08. The minimum absolute atomic E-state index is 0.203. The maximum atomic E-state index is 13.2. The number of hydrogen-bond donors (Lipinski definition) is 0. The van der Waals surface area contributed by atoms with Crippen LogP contribution in [-0.4, -0.2) is 27.2 Å². The average molecular weight is 405 g/mol. The molecule has 4 rings (SSSR count). The van der Waals surface area contributed by atoms with Crippen molar-refractivity contribution in [2.45, 2.75) is 13.5 Å². The summed E-state index contributed by atoms with van der Waals surface area (Å²) in [5, 5.41) is 5.08. The van der Waals surface area contributed by atoms with Crippen molar-refractivity contribution >= 4 is 16.7 Å². The number of aryl methyl sites for hydroxylation is 1. The van der Waals surface area contributed by atoms with E-state index in [1.165, 1.54) is 18.2 Å². The van der Waals surface area contributed by atoms with E-state index in [1.807, 2.05) is 36.7 Å². The van der Waals surface area contributed by atoms with Gasteiger partial charge in [0.15, 0.2) is 5.78 Å². The van der Waals surface area contributed by atoms with Crippen LogP contribution in [0.25, 0.3) is 22.2 Å². The van der Waals surface area contributed by atoms with Gasteiger partial charge in [0.2, 0.25) is 0 Å². The van der Waals surface area contributed by atoms with Crippen molar-refractivity contribution in [1.29, 1.82) is 0 Å². The number of hydrogen-bond acceptors (Lipinski definition) is 4. The number of benzene rings is 2. The molecule has 152 valence electrons. The molecule has 0 unspecified atom stereocenters. The van der Waals surface area contributed by atoms with Gasteiger partial charge in [0, 0.05) is 40.8 Å². The van der Waals surface area contributed by atoms with E-state index in [9.17, 15) is 14.0 Å². The second kappa shape index (κ2) is 7.59. The van der Waals surface area contributed by atoms with Gasteiger partial charge in [0.05, 0.1) is 12.8 Å². The molecule has 2 aromatic heterocycles. The fourth-order valence-corrected chi connectivity index (χ4v) is 3.58. The summed E-state index contributed by atoms with van der Waals surface area (Å²) in [6.45, 7) is 1.66. The summed E-state index contributed by atoms with van der Waals surface area (Å²) in [7, 11) is 3.46. The second-order valence-corrected chi connectivity index (χ2v) is 7.05. The van der Waals surface area contributed by atoms with Gasteiger partial charge < -0.3 is 9.30 Å². The summed E-state index contributed by atoms with van der Waals surface area (Å²) >= 11 is 0. The Labute approximate surface area is 172 Å². The van der Waals surface area contributed by atoms with E-state index in [0.717, 1.165) is 21.3 Å². The quantitative estimate of drug-likeness (QED) is 0.475. The van der Waals surface area contributed by atoms with Crippen LogP contribution in [0, 0.1) is 12.7 Å².